The molecule has 2 aromatic carbocycles. The molecule has 146 valence electrons. The second-order valence-corrected chi connectivity index (χ2v) is 6.65. The van der Waals surface area contributed by atoms with Gasteiger partial charge in [0.25, 0.3) is 0 Å². The molecule has 3 aromatic rings. The van der Waals surface area contributed by atoms with Crippen molar-refractivity contribution in [3.63, 3.8) is 0 Å². The van der Waals surface area contributed by atoms with E-state index in [1.165, 1.54) is 18.2 Å². The first-order valence-corrected chi connectivity index (χ1v) is 8.94. The van der Waals surface area contributed by atoms with Gasteiger partial charge in [0, 0.05) is 12.6 Å². The van der Waals surface area contributed by atoms with E-state index in [9.17, 15) is 13.2 Å². The Morgan fingerprint density at radius 3 is 2.68 bits per heavy atom. The number of nitrogens with zero attached hydrogens (tertiary/aromatic N) is 3. The van der Waals surface area contributed by atoms with Crippen molar-refractivity contribution in [2.75, 3.05) is 0 Å². The zero-order valence-corrected chi connectivity index (χ0v) is 14.9. The minimum absolute atomic E-state index is 0.0105. The number of hydrogen-bond donors (Lipinski definition) is 0. The van der Waals surface area contributed by atoms with E-state index in [0.29, 0.717) is 30.6 Å². The standard InChI is InChI=1S/C20H18F3N3O2/c21-14-5-3-4-13(10-14)11-26(15-8-9-15)12-18-24-19(25-28-18)16-6-1-2-7-17(16)27-20(22)23/h1-7,10,15,20H,8-9,11-12H2. The molecule has 5 nitrogen and oxygen atoms in total. The Bertz CT molecular complexity index is 944. The summed E-state index contributed by atoms with van der Waals surface area (Å²) in [5, 5.41) is 3.91. The number of ether oxygens (including phenoxy) is 1. The van der Waals surface area contributed by atoms with Crippen molar-refractivity contribution in [1.29, 1.82) is 0 Å². The Kier molecular flexibility index (Phi) is 5.29. The van der Waals surface area contributed by atoms with Crippen LogP contribution in [0.5, 0.6) is 5.75 Å². The van der Waals surface area contributed by atoms with E-state index in [0.717, 1.165) is 18.4 Å². The molecular formula is C20H18F3N3O2. The van der Waals surface area contributed by atoms with Gasteiger partial charge in [0.15, 0.2) is 0 Å². The molecule has 1 fully saturated rings. The Hall–Kier alpha value is -2.87. The van der Waals surface area contributed by atoms with Crippen LogP contribution < -0.4 is 4.74 Å². The summed E-state index contributed by atoms with van der Waals surface area (Å²) in [6.07, 6.45) is 2.11. The topological polar surface area (TPSA) is 51.4 Å². The summed E-state index contributed by atoms with van der Waals surface area (Å²) < 4.78 is 48.5. The number of hydrogen-bond acceptors (Lipinski definition) is 5. The van der Waals surface area contributed by atoms with E-state index in [1.807, 2.05) is 6.07 Å². The molecule has 0 atom stereocenters. The summed E-state index contributed by atoms with van der Waals surface area (Å²) in [6, 6.07) is 13.2. The third-order valence-electron chi connectivity index (χ3n) is 4.49. The van der Waals surface area contributed by atoms with Gasteiger partial charge in [0.2, 0.25) is 11.7 Å². The third kappa shape index (κ3) is 4.51. The molecule has 0 unspecified atom stereocenters. The van der Waals surface area contributed by atoms with Crippen LogP contribution in [-0.2, 0) is 13.1 Å². The lowest BCUT2D eigenvalue weighted by atomic mass is 10.2. The van der Waals surface area contributed by atoms with Crippen LogP contribution in [0, 0.1) is 5.82 Å². The molecule has 4 rings (SSSR count). The highest BCUT2D eigenvalue weighted by Crippen LogP contribution is 2.31. The van der Waals surface area contributed by atoms with Gasteiger partial charge < -0.3 is 9.26 Å². The molecule has 1 aliphatic rings. The van der Waals surface area contributed by atoms with Gasteiger partial charge in [0.05, 0.1) is 12.1 Å². The summed E-state index contributed by atoms with van der Waals surface area (Å²) >= 11 is 0. The maximum Gasteiger partial charge on any atom is 0.387 e. The molecule has 0 aliphatic heterocycles. The van der Waals surface area contributed by atoms with Gasteiger partial charge in [-0.15, -0.1) is 0 Å². The molecule has 28 heavy (non-hydrogen) atoms. The first-order chi connectivity index (χ1) is 13.6. The summed E-state index contributed by atoms with van der Waals surface area (Å²) in [6.45, 7) is -1.98. The molecule has 8 heteroatoms. The number of benzene rings is 2. The molecule has 0 spiro atoms. The number of aromatic nitrogens is 2. The average Bonchev–Trinajstić information content (AvgIpc) is 3.41. The first-order valence-electron chi connectivity index (χ1n) is 8.94. The van der Waals surface area contributed by atoms with Crippen molar-refractivity contribution in [2.24, 2.45) is 0 Å². The zero-order valence-electron chi connectivity index (χ0n) is 14.9. The highest BCUT2D eigenvalue weighted by molar-refractivity contribution is 5.63. The maximum atomic E-state index is 13.5. The monoisotopic (exact) mass is 389 g/mol. The van der Waals surface area contributed by atoms with Crippen LogP contribution >= 0.6 is 0 Å². The number of rotatable bonds is 8. The molecule has 0 bridgehead atoms. The first kappa shape index (κ1) is 18.5. The van der Waals surface area contributed by atoms with Crippen molar-refractivity contribution < 1.29 is 22.4 Å². The minimum atomic E-state index is -2.94. The predicted molar refractivity (Wildman–Crippen MR) is 95.0 cm³/mol. The summed E-state index contributed by atoms with van der Waals surface area (Å²) in [5.41, 5.74) is 1.20. The number of alkyl halides is 2. The molecule has 0 saturated heterocycles. The van der Waals surface area contributed by atoms with Crippen LogP contribution in [0.2, 0.25) is 0 Å². The predicted octanol–water partition coefficient (Wildman–Crippen LogP) is 4.64. The molecule has 0 N–H and O–H groups in total. The van der Waals surface area contributed by atoms with Gasteiger partial charge in [-0.25, -0.2) is 4.39 Å². The molecule has 1 heterocycles. The van der Waals surface area contributed by atoms with Gasteiger partial charge in [-0.2, -0.15) is 13.8 Å². The zero-order chi connectivity index (χ0) is 19.5. The highest BCUT2D eigenvalue weighted by Gasteiger charge is 2.30. The van der Waals surface area contributed by atoms with Crippen LogP contribution in [0.3, 0.4) is 0 Å². The van der Waals surface area contributed by atoms with Gasteiger partial charge in [-0.05, 0) is 42.7 Å². The van der Waals surface area contributed by atoms with Crippen molar-refractivity contribution in [2.45, 2.75) is 38.6 Å². The Morgan fingerprint density at radius 1 is 1.11 bits per heavy atom. The van der Waals surface area contributed by atoms with Crippen molar-refractivity contribution in [3.05, 3.63) is 65.8 Å². The lowest BCUT2D eigenvalue weighted by Gasteiger charge is -2.19. The van der Waals surface area contributed by atoms with Crippen LogP contribution in [0.1, 0.15) is 24.3 Å². The highest BCUT2D eigenvalue weighted by atomic mass is 19.3. The van der Waals surface area contributed by atoms with E-state index in [2.05, 4.69) is 19.8 Å². The normalized spacial score (nSPS) is 14.0. The van der Waals surface area contributed by atoms with Gasteiger partial charge in [-0.1, -0.05) is 29.4 Å². The molecule has 1 aromatic heterocycles. The van der Waals surface area contributed by atoms with E-state index < -0.39 is 6.61 Å². The summed E-state index contributed by atoms with van der Waals surface area (Å²) in [4.78, 5) is 6.49. The fourth-order valence-corrected chi connectivity index (χ4v) is 3.08. The van der Waals surface area contributed by atoms with E-state index in [-0.39, 0.29) is 17.4 Å². The molecule has 1 aliphatic carbocycles. The lowest BCUT2D eigenvalue weighted by Crippen LogP contribution is -2.25. The van der Waals surface area contributed by atoms with Crippen molar-refractivity contribution in [1.82, 2.24) is 15.0 Å². The maximum absolute atomic E-state index is 13.5. The number of para-hydroxylation sites is 1. The number of halogens is 3. The summed E-state index contributed by atoms with van der Waals surface area (Å²) in [7, 11) is 0. The third-order valence-corrected chi connectivity index (χ3v) is 4.49. The van der Waals surface area contributed by atoms with Crippen molar-refractivity contribution >= 4 is 0 Å². The quantitative estimate of drug-likeness (QED) is 0.562. The Morgan fingerprint density at radius 2 is 1.93 bits per heavy atom. The van der Waals surface area contributed by atoms with E-state index in [4.69, 9.17) is 4.52 Å². The fourth-order valence-electron chi connectivity index (χ4n) is 3.08. The molecular weight excluding hydrogens is 371 g/mol. The minimum Gasteiger partial charge on any atom is -0.434 e. The summed E-state index contributed by atoms with van der Waals surface area (Å²) in [5.74, 6) is 0.269. The molecule has 0 radical (unpaired) electrons. The van der Waals surface area contributed by atoms with Crippen molar-refractivity contribution in [3.8, 4) is 17.1 Å². The van der Waals surface area contributed by atoms with E-state index >= 15 is 0 Å². The Balaban J connectivity index is 1.51. The van der Waals surface area contributed by atoms with Gasteiger partial charge in [-0.3, -0.25) is 4.90 Å². The van der Waals surface area contributed by atoms with Crippen LogP contribution in [0.15, 0.2) is 53.1 Å². The van der Waals surface area contributed by atoms with Gasteiger partial charge >= 0.3 is 6.61 Å². The second kappa shape index (κ2) is 8.02. The van der Waals surface area contributed by atoms with Gasteiger partial charge in [0.1, 0.15) is 11.6 Å². The van der Waals surface area contributed by atoms with Crippen LogP contribution in [-0.4, -0.2) is 27.7 Å². The van der Waals surface area contributed by atoms with Crippen LogP contribution in [0.25, 0.3) is 11.4 Å². The second-order valence-electron chi connectivity index (χ2n) is 6.65. The van der Waals surface area contributed by atoms with Crippen LogP contribution in [0.4, 0.5) is 13.2 Å². The molecule has 1 saturated carbocycles. The van der Waals surface area contributed by atoms with E-state index in [1.54, 1.807) is 24.3 Å². The lowest BCUT2D eigenvalue weighted by molar-refractivity contribution is -0.0494. The largest absolute Gasteiger partial charge is 0.434 e. The average molecular weight is 389 g/mol. The Labute approximate surface area is 159 Å². The fraction of sp³-hybridized carbons (Fsp3) is 0.300. The smallest absolute Gasteiger partial charge is 0.387 e. The molecule has 0 amide bonds. The SMILES string of the molecule is Fc1cccc(CN(Cc2nc(-c3ccccc3OC(F)F)no2)C2CC2)c1.